The molecule has 0 saturated carbocycles. The van der Waals surface area contributed by atoms with Gasteiger partial charge in [-0.05, 0) is 17.7 Å². The topological polar surface area (TPSA) is 35.5 Å². The van der Waals surface area contributed by atoms with E-state index < -0.39 is 0 Å². The van der Waals surface area contributed by atoms with Crippen LogP contribution in [0.1, 0.15) is 5.56 Å². The van der Waals surface area contributed by atoms with Crippen LogP contribution in [0.3, 0.4) is 0 Å². The van der Waals surface area contributed by atoms with E-state index in [-0.39, 0.29) is 0 Å². The highest BCUT2D eigenvalue weighted by Gasteiger charge is 2.00. The maximum absolute atomic E-state index is 9.10. The number of nitrogens with one attached hydrogen (secondary N) is 1. The Bertz CT molecular complexity index is 360. The largest absolute Gasteiger partial charge is 0.508 e. The highest BCUT2D eigenvalue weighted by Crippen LogP contribution is 2.10. The van der Waals surface area contributed by atoms with E-state index in [1.54, 1.807) is 12.1 Å². The summed E-state index contributed by atoms with van der Waals surface area (Å²) in [6.45, 7) is 1.81. The summed E-state index contributed by atoms with van der Waals surface area (Å²) in [5.41, 5.74) is 4.21. The zero-order chi connectivity index (χ0) is 10.5. The van der Waals surface area contributed by atoms with E-state index in [2.05, 4.69) is 22.6 Å². The van der Waals surface area contributed by atoms with E-state index in [4.69, 9.17) is 5.11 Å². The van der Waals surface area contributed by atoms with Crippen molar-refractivity contribution in [2.45, 2.75) is 0 Å². The highest BCUT2D eigenvalue weighted by atomic mass is 16.3. The van der Waals surface area contributed by atoms with Crippen LogP contribution in [0.5, 0.6) is 5.75 Å². The van der Waals surface area contributed by atoms with Gasteiger partial charge in [-0.1, -0.05) is 30.4 Å². The second kappa shape index (κ2) is 4.66. The Morgan fingerprint density at radius 3 is 2.80 bits per heavy atom. The molecule has 0 aromatic heterocycles. The van der Waals surface area contributed by atoms with Crippen molar-refractivity contribution in [1.82, 2.24) is 10.4 Å². The molecule has 0 unspecified atom stereocenters. The van der Waals surface area contributed by atoms with Crippen LogP contribution in [-0.4, -0.2) is 23.2 Å². The van der Waals surface area contributed by atoms with Crippen LogP contribution in [0, 0.1) is 0 Å². The second-order valence-electron chi connectivity index (χ2n) is 3.43. The van der Waals surface area contributed by atoms with Gasteiger partial charge in [0.1, 0.15) is 5.75 Å². The molecule has 0 aliphatic carbocycles. The third-order valence-corrected chi connectivity index (χ3v) is 2.23. The van der Waals surface area contributed by atoms with Gasteiger partial charge in [-0.25, -0.2) is 5.01 Å². The summed E-state index contributed by atoms with van der Waals surface area (Å²) in [4.78, 5) is 0. The number of benzene rings is 1. The number of rotatable bonds is 3. The number of hydrazine groups is 1. The molecule has 0 saturated heterocycles. The number of hydrogen-bond acceptors (Lipinski definition) is 3. The lowest BCUT2D eigenvalue weighted by molar-refractivity contribution is 0.298. The fourth-order valence-corrected chi connectivity index (χ4v) is 1.42. The van der Waals surface area contributed by atoms with Crippen LogP contribution in [0.4, 0.5) is 0 Å². The van der Waals surface area contributed by atoms with Gasteiger partial charge < -0.3 is 10.5 Å². The molecular formula is C12H14N2O. The monoisotopic (exact) mass is 202 g/mol. The van der Waals surface area contributed by atoms with Crippen LogP contribution in [0.25, 0.3) is 6.08 Å². The van der Waals surface area contributed by atoms with Crippen molar-refractivity contribution >= 4 is 6.08 Å². The molecule has 1 aromatic carbocycles. The van der Waals surface area contributed by atoms with Gasteiger partial charge in [0.05, 0.1) is 0 Å². The van der Waals surface area contributed by atoms with Crippen LogP contribution in [-0.2, 0) is 0 Å². The molecule has 1 aromatic rings. The standard InChI is InChI=1S/C12H14N2O/c15-12-6-4-11(5-7-12)3-1-9-14-10-2-8-13-14/h1-8,13,15H,9-10H2/b3-1+. The number of aromatic hydroxyl groups is 1. The molecule has 0 bridgehead atoms. The van der Waals surface area contributed by atoms with Crippen molar-refractivity contribution < 1.29 is 5.11 Å². The third kappa shape index (κ3) is 2.86. The molecule has 0 fully saturated rings. The van der Waals surface area contributed by atoms with Crippen LogP contribution in [0.15, 0.2) is 42.6 Å². The molecule has 1 aliphatic rings. The lowest BCUT2D eigenvalue weighted by Crippen LogP contribution is -2.29. The van der Waals surface area contributed by atoms with E-state index in [1.807, 2.05) is 24.4 Å². The Balaban J connectivity index is 1.85. The van der Waals surface area contributed by atoms with Crippen molar-refractivity contribution in [1.29, 1.82) is 0 Å². The van der Waals surface area contributed by atoms with Crippen molar-refractivity contribution in [2.24, 2.45) is 0 Å². The molecule has 1 aliphatic heterocycles. The van der Waals surface area contributed by atoms with Gasteiger partial charge in [0.2, 0.25) is 0 Å². The molecular weight excluding hydrogens is 188 g/mol. The minimum absolute atomic E-state index is 0.303. The molecule has 2 rings (SSSR count). The fourth-order valence-electron chi connectivity index (χ4n) is 1.42. The van der Waals surface area contributed by atoms with Crippen molar-refractivity contribution in [3.05, 3.63) is 48.2 Å². The molecule has 1 heterocycles. The number of hydrogen-bond donors (Lipinski definition) is 2. The van der Waals surface area contributed by atoms with Gasteiger partial charge in [-0.15, -0.1) is 0 Å². The Morgan fingerprint density at radius 1 is 1.33 bits per heavy atom. The molecule has 3 heteroatoms. The summed E-state index contributed by atoms with van der Waals surface area (Å²) in [5.74, 6) is 0.303. The second-order valence-corrected chi connectivity index (χ2v) is 3.43. The van der Waals surface area contributed by atoms with Crippen molar-refractivity contribution in [3.63, 3.8) is 0 Å². The quantitative estimate of drug-likeness (QED) is 0.783. The van der Waals surface area contributed by atoms with E-state index in [9.17, 15) is 0 Å². The lowest BCUT2D eigenvalue weighted by Gasteiger charge is -2.12. The molecule has 3 nitrogen and oxygen atoms in total. The number of nitrogens with zero attached hydrogens (tertiary/aromatic N) is 1. The molecule has 0 atom stereocenters. The Kier molecular flexibility index (Phi) is 3.05. The predicted octanol–water partition coefficient (Wildman–Crippen LogP) is 1.74. The summed E-state index contributed by atoms with van der Waals surface area (Å²) >= 11 is 0. The number of phenols is 1. The van der Waals surface area contributed by atoms with E-state index in [0.29, 0.717) is 5.75 Å². The SMILES string of the molecule is Oc1ccc(/C=C/CN2CC=CN2)cc1. The summed E-state index contributed by atoms with van der Waals surface area (Å²) in [6, 6.07) is 7.16. The van der Waals surface area contributed by atoms with Gasteiger partial charge in [0, 0.05) is 19.3 Å². The first-order valence-electron chi connectivity index (χ1n) is 4.96. The summed E-state index contributed by atoms with van der Waals surface area (Å²) in [5, 5.41) is 11.2. The van der Waals surface area contributed by atoms with E-state index >= 15 is 0 Å². The third-order valence-electron chi connectivity index (χ3n) is 2.23. The maximum atomic E-state index is 9.10. The van der Waals surface area contributed by atoms with Crippen LogP contribution in [0.2, 0.25) is 0 Å². The molecule has 0 radical (unpaired) electrons. The fraction of sp³-hybridized carbons (Fsp3) is 0.167. The summed E-state index contributed by atoms with van der Waals surface area (Å²) < 4.78 is 0. The van der Waals surface area contributed by atoms with Crippen LogP contribution >= 0.6 is 0 Å². The first kappa shape index (κ1) is 9.80. The average molecular weight is 202 g/mol. The highest BCUT2D eigenvalue weighted by molar-refractivity contribution is 5.50. The van der Waals surface area contributed by atoms with Gasteiger partial charge in [-0.3, -0.25) is 0 Å². The van der Waals surface area contributed by atoms with Crippen LogP contribution < -0.4 is 5.43 Å². The van der Waals surface area contributed by atoms with E-state index in [1.165, 1.54) is 0 Å². The molecule has 2 N–H and O–H groups in total. The predicted molar refractivity (Wildman–Crippen MR) is 61.0 cm³/mol. The van der Waals surface area contributed by atoms with Gasteiger partial charge in [0.15, 0.2) is 0 Å². The molecule has 78 valence electrons. The van der Waals surface area contributed by atoms with Gasteiger partial charge >= 0.3 is 0 Å². The zero-order valence-corrected chi connectivity index (χ0v) is 8.43. The summed E-state index contributed by atoms with van der Waals surface area (Å²) in [6.07, 6.45) is 8.15. The molecule has 0 spiro atoms. The lowest BCUT2D eigenvalue weighted by atomic mass is 10.2. The first-order valence-corrected chi connectivity index (χ1v) is 4.96. The average Bonchev–Trinajstić information content (AvgIpc) is 2.74. The number of phenolic OH excluding ortho intramolecular Hbond substituents is 1. The normalized spacial score (nSPS) is 16.0. The summed E-state index contributed by atoms with van der Waals surface area (Å²) in [7, 11) is 0. The Morgan fingerprint density at radius 2 is 2.13 bits per heavy atom. The van der Waals surface area contributed by atoms with Crippen molar-refractivity contribution in [2.75, 3.05) is 13.1 Å². The molecule has 0 amide bonds. The van der Waals surface area contributed by atoms with Crippen molar-refractivity contribution in [3.8, 4) is 5.75 Å². The zero-order valence-electron chi connectivity index (χ0n) is 8.43. The minimum Gasteiger partial charge on any atom is -0.508 e. The minimum atomic E-state index is 0.303. The van der Waals surface area contributed by atoms with E-state index in [0.717, 1.165) is 18.7 Å². The Labute approximate surface area is 89.3 Å². The van der Waals surface area contributed by atoms with Gasteiger partial charge in [-0.2, -0.15) is 0 Å². The Hall–Kier alpha value is -1.74. The first-order chi connectivity index (χ1) is 7.34. The maximum Gasteiger partial charge on any atom is 0.115 e. The smallest absolute Gasteiger partial charge is 0.115 e. The van der Waals surface area contributed by atoms with Gasteiger partial charge in [0.25, 0.3) is 0 Å². The molecule has 15 heavy (non-hydrogen) atoms.